The smallest absolute Gasteiger partial charge is 0.122 e. The molecule has 0 aromatic carbocycles. The van der Waals surface area contributed by atoms with E-state index in [1.165, 1.54) is 10.4 Å². The van der Waals surface area contributed by atoms with Crippen LogP contribution in [0.15, 0.2) is 34.3 Å². The second-order valence-corrected chi connectivity index (χ2v) is 6.28. The van der Waals surface area contributed by atoms with Crippen molar-refractivity contribution in [1.82, 2.24) is 4.90 Å². The zero-order chi connectivity index (χ0) is 13.4. The summed E-state index contributed by atoms with van der Waals surface area (Å²) in [7, 11) is 0. The molecule has 0 aliphatic carbocycles. The molecule has 19 heavy (non-hydrogen) atoms. The zero-order valence-corrected chi connectivity index (χ0v) is 12.2. The number of hydrogen-bond acceptors (Lipinski definition) is 4. The third-order valence-corrected chi connectivity index (χ3v) is 5.01. The molecule has 2 aromatic heterocycles. The summed E-state index contributed by atoms with van der Waals surface area (Å²) in [6.45, 7) is 5.37. The van der Waals surface area contributed by atoms with Gasteiger partial charge < -0.3 is 10.2 Å². The van der Waals surface area contributed by atoms with E-state index >= 15 is 0 Å². The minimum Gasteiger partial charge on any atom is -0.468 e. The van der Waals surface area contributed by atoms with Crippen molar-refractivity contribution in [2.24, 2.45) is 5.73 Å². The second kappa shape index (κ2) is 5.12. The lowest BCUT2D eigenvalue weighted by Gasteiger charge is -2.40. The zero-order valence-electron chi connectivity index (χ0n) is 11.4. The van der Waals surface area contributed by atoms with Gasteiger partial charge in [0.2, 0.25) is 0 Å². The summed E-state index contributed by atoms with van der Waals surface area (Å²) < 4.78 is 5.61. The van der Waals surface area contributed by atoms with Crippen molar-refractivity contribution < 1.29 is 4.42 Å². The predicted molar refractivity (Wildman–Crippen MR) is 78.2 cm³/mol. The van der Waals surface area contributed by atoms with Gasteiger partial charge in [0, 0.05) is 23.5 Å². The fourth-order valence-corrected chi connectivity index (χ4v) is 4.06. The van der Waals surface area contributed by atoms with Gasteiger partial charge in [0.15, 0.2) is 0 Å². The molecule has 1 aliphatic heterocycles. The van der Waals surface area contributed by atoms with Crippen LogP contribution in [0.1, 0.15) is 42.1 Å². The quantitative estimate of drug-likeness (QED) is 0.935. The van der Waals surface area contributed by atoms with E-state index < -0.39 is 0 Å². The molecule has 4 heteroatoms. The first kappa shape index (κ1) is 12.9. The Morgan fingerprint density at radius 2 is 2.32 bits per heavy atom. The largest absolute Gasteiger partial charge is 0.468 e. The molecular weight excluding hydrogens is 256 g/mol. The van der Waals surface area contributed by atoms with E-state index in [9.17, 15) is 0 Å². The van der Waals surface area contributed by atoms with E-state index in [2.05, 4.69) is 30.2 Å². The van der Waals surface area contributed by atoms with Crippen LogP contribution in [0.4, 0.5) is 0 Å². The lowest BCUT2D eigenvalue weighted by atomic mass is 9.96. The maximum Gasteiger partial charge on any atom is 0.122 e. The van der Waals surface area contributed by atoms with Gasteiger partial charge in [0.1, 0.15) is 5.76 Å². The van der Waals surface area contributed by atoms with Gasteiger partial charge in [-0.05, 0) is 49.4 Å². The number of nitrogens with two attached hydrogens (primary N) is 1. The van der Waals surface area contributed by atoms with Crippen molar-refractivity contribution in [3.63, 3.8) is 0 Å². The van der Waals surface area contributed by atoms with Crippen molar-refractivity contribution >= 4 is 11.3 Å². The third kappa shape index (κ3) is 2.24. The summed E-state index contributed by atoms with van der Waals surface area (Å²) in [5, 5.41) is 2.19. The highest BCUT2D eigenvalue weighted by Crippen LogP contribution is 2.38. The molecule has 1 aliphatic rings. The normalized spacial score (nSPS) is 23.0. The Kier molecular flexibility index (Phi) is 3.48. The highest BCUT2D eigenvalue weighted by molar-refractivity contribution is 7.10. The molecule has 2 N–H and O–H groups in total. The third-order valence-electron chi connectivity index (χ3n) is 4.01. The van der Waals surface area contributed by atoms with Crippen LogP contribution >= 0.6 is 11.3 Å². The van der Waals surface area contributed by atoms with Gasteiger partial charge >= 0.3 is 0 Å². The first-order valence-corrected chi connectivity index (χ1v) is 7.67. The molecular formula is C15H20N2OS. The molecule has 0 fully saturated rings. The average molecular weight is 276 g/mol. The van der Waals surface area contributed by atoms with Crippen LogP contribution < -0.4 is 5.73 Å². The van der Waals surface area contributed by atoms with Crippen LogP contribution in [0.5, 0.6) is 0 Å². The van der Waals surface area contributed by atoms with E-state index in [0.29, 0.717) is 6.04 Å². The molecule has 3 atom stereocenters. The van der Waals surface area contributed by atoms with Gasteiger partial charge in [0.05, 0.1) is 12.3 Å². The summed E-state index contributed by atoms with van der Waals surface area (Å²) in [5.41, 5.74) is 7.67. The predicted octanol–water partition coefficient (Wildman–Crippen LogP) is 3.35. The molecule has 0 amide bonds. The minimum absolute atomic E-state index is 0.0498. The highest BCUT2D eigenvalue weighted by Gasteiger charge is 2.34. The van der Waals surface area contributed by atoms with Crippen molar-refractivity contribution in [3.8, 4) is 0 Å². The Morgan fingerprint density at radius 1 is 1.47 bits per heavy atom. The Labute approximate surface area is 118 Å². The fourth-order valence-electron chi connectivity index (χ4n) is 3.09. The number of thiophene rings is 1. The summed E-state index contributed by atoms with van der Waals surface area (Å²) in [6, 6.07) is 6.82. The van der Waals surface area contributed by atoms with Gasteiger partial charge in [0.25, 0.3) is 0 Å². The molecule has 0 radical (unpaired) electrons. The van der Waals surface area contributed by atoms with E-state index in [4.69, 9.17) is 10.2 Å². The SMILES string of the molecule is CC(N)C(c1ccco1)N1CCc2sccc2C1C. The van der Waals surface area contributed by atoms with Gasteiger partial charge in [-0.1, -0.05) is 0 Å². The summed E-state index contributed by atoms with van der Waals surface area (Å²) in [5.74, 6) is 0.973. The average Bonchev–Trinajstić information content (AvgIpc) is 3.03. The van der Waals surface area contributed by atoms with Crippen LogP contribution in [-0.2, 0) is 6.42 Å². The van der Waals surface area contributed by atoms with Crippen molar-refractivity contribution in [2.75, 3.05) is 6.54 Å². The first-order chi connectivity index (χ1) is 9.18. The summed E-state index contributed by atoms with van der Waals surface area (Å²) >= 11 is 1.87. The number of nitrogens with zero attached hydrogens (tertiary/aromatic N) is 1. The van der Waals surface area contributed by atoms with Crippen molar-refractivity contribution in [2.45, 2.75) is 38.4 Å². The number of rotatable bonds is 3. The van der Waals surface area contributed by atoms with E-state index in [-0.39, 0.29) is 12.1 Å². The summed E-state index contributed by atoms with van der Waals surface area (Å²) in [4.78, 5) is 3.99. The monoisotopic (exact) mass is 276 g/mol. The maximum absolute atomic E-state index is 6.22. The number of hydrogen-bond donors (Lipinski definition) is 1. The standard InChI is InChI=1S/C15H20N2OS/c1-10(16)15(13-4-3-8-18-13)17-7-5-14-12(11(17)2)6-9-19-14/h3-4,6,8-11,15H,5,7,16H2,1-2H3. The fraction of sp³-hybridized carbons (Fsp3) is 0.467. The molecule has 3 unspecified atom stereocenters. The van der Waals surface area contributed by atoms with Gasteiger partial charge in [-0.3, -0.25) is 4.90 Å². The maximum atomic E-state index is 6.22. The Morgan fingerprint density at radius 3 is 3.00 bits per heavy atom. The molecule has 0 saturated carbocycles. The Hall–Kier alpha value is -1.10. The van der Waals surface area contributed by atoms with Crippen LogP contribution in [0.3, 0.4) is 0 Å². The molecule has 2 aromatic rings. The Bertz CT molecular complexity index is 532. The molecule has 102 valence electrons. The highest BCUT2D eigenvalue weighted by atomic mass is 32.1. The number of furan rings is 1. The molecule has 0 saturated heterocycles. The van der Waals surface area contributed by atoms with E-state index in [1.807, 2.05) is 23.5 Å². The minimum atomic E-state index is 0.0498. The second-order valence-electron chi connectivity index (χ2n) is 5.28. The van der Waals surface area contributed by atoms with Crippen LogP contribution in [0.2, 0.25) is 0 Å². The van der Waals surface area contributed by atoms with E-state index in [1.54, 1.807) is 6.26 Å². The van der Waals surface area contributed by atoms with Gasteiger partial charge in [-0.15, -0.1) is 11.3 Å². The van der Waals surface area contributed by atoms with Crippen LogP contribution in [-0.4, -0.2) is 17.5 Å². The van der Waals surface area contributed by atoms with Gasteiger partial charge in [-0.25, -0.2) is 0 Å². The Balaban J connectivity index is 1.93. The van der Waals surface area contributed by atoms with Crippen LogP contribution in [0, 0.1) is 0 Å². The van der Waals surface area contributed by atoms with Crippen molar-refractivity contribution in [1.29, 1.82) is 0 Å². The lowest BCUT2D eigenvalue weighted by Crippen LogP contribution is -2.43. The molecule has 0 spiro atoms. The lowest BCUT2D eigenvalue weighted by molar-refractivity contribution is 0.103. The number of fused-ring (bicyclic) bond motifs is 1. The molecule has 3 nitrogen and oxygen atoms in total. The van der Waals surface area contributed by atoms with E-state index in [0.717, 1.165) is 18.7 Å². The van der Waals surface area contributed by atoms with Crippen LogP contribution in [0.25, 0.3) is 0 Å². The van der Waals surface area contributed by atoms with Gasteiger partial charge in [-0.2, -0.15) is 0 Å². The molecule has 0 bridgehead atoms. The first-order valence-electron chi connectivity index (χ1n) is 6.79. The topological polar surface area (TPSA) is 42.4 Å². The summed E-state index contributed by atoms with van der Waals surface area (Å²) in [6.07, 6.45) is 2.84. The molecule has 3 heterocycles. The van der Waals surface area contributed by atoms with Crippen molar-refractivity contribution in [3.05, 3.63) is 46.0 Å². The molecule has 3 rings (SSSR count).